The lowest BCUT2D eigenvalue weighted by molar-refractivity contribution is -0.141. The smallest absolute Gasteiger partial charge is 0.322 e. The minimum atomic E-state index is -1.17. The van der Waals surface area contributed by atoms with E-state index in [1.165, 1.54) is 12.5 Å². The molecule has 5 N–H and O–H groups in total. The molecule has 0 saturated carbocycles. The van der Waals surface area contributed by atoms with Crippen LogP contribution in [0.4, 0.5) is 0 Å². The van der Waals surface area contributed by atoms with E-state index in [-0.39, 0.29) is 12.3 Å². The highest BCUT2D eigenvalue weighted by Crippen LogP contribution is 2.08. The Morgan fingerprint density at radius 2 is 1.96 bits per heavy atom. The van der Waals surface area contributed by atoms with Gasteiger partial charge in [-0.2, -0.15) is 0 Å². The molecule has 2 atom stereocenters. The number of carbonyl (C=O) groups excluding carboxylic acids is 1. The number of hydrogen-bond donors (Lipinski definition) is 5. The molecule has 0 saturated heterocycles. The second kappa shape index (κ2) is 8.89. The lowest BCUT2D eigenvalue weighted by Gasteiger charge is -2.23. The number of amides is 1. The van der Waals surface area contributed by atoms with E-state index in [1.54, 1.807) is 0 Å². The molecule has 0 aliphatic carbocycles. The van der Waals surface area contributed by atoms with Crippen LogP contribution in [-0.2, 0) is 20.8 Å². The van der Waals surface area contributed by atoms with Crippen LogP contribution in [0.25, 0.3) is 0 Å². The molecule has 0 spiro atoms. The zero-order valence-corrected chi connectivity index (χ0v) is 13.1. The number of carboxylic acids is 2. The van der Waals surface area contributed by atoms with Gasteiger partial charge in [0.05, 0.1) is 12.4 Å². The number of hydrogen-bond acceptors (Lipinski definition) is 5. The van der Waals surface area contributed by atoms with Crippen LogP contribution in [-0.4, -0.2) is 56.7 Å². The zero-order chi connectivity index (χ0) is 17.4. The molecular weight excluding hydrogens is 304 g/mol. The standard InChI is InChI=1S/C14H22N4O5/c1-8(2)3-11(14(22)23)18-10(4-9-5-15-7-17-9)13(21)16-6-12(19)20/h5,7-8,10-11,18H,3-4,6H2,1-2H3,(H,15,17)(H,16,21)(H,19,20)(H,22,23)/t10-,11?/m0/s1. The van der Waals surface area contributed by atoms with E-state index in [9.17, 15) is 19.5 Å². The molecule has 1 aromatic heterocycles. The number of aliphatic carboxylic acids is 2. The average Bonchev–Trinajstić information content (AvgIpc) is 2.95. The van der Waals surface area contributed by atoms with Gasteiger partial charge in [-0.1, -0.05) is 13.8 Å². The second-order valence-corrected chi connectivity index (χ2v) is 5.63. The molecule has 0 aliphatic rings. The van der Waals surface area contributed by atoms with Gasteiger partial charge in [0.2, 0.25) is 5.91 Å². The summed E-state index contributed by atoms with van der Waals surface area (Å²) in [6.07, 6.45) is 3.50. The molecule has 0 bridgehead atoms. The number of H-pyrrole nitrogens is 1. The van der Waals surface area contributed by atoms with E-state index in [0.717, 1.165) is 0 Å². The number of carbonyl (C=O) groups is 3. The molecular formula is C14H22N4O5. The van der Waals surface area contributed by atoms with Crippen molar-refractivity contribution in [3.05, 3.63) is 18.2 Å². The van der Waals surface area contributed by atoms with Gasteiger partial charge in [0.25, 0.3) is 0 Å². The summed E-state index contributed by atoms with van der Waals surface area (Å²) < 4.78 is 0. The Labute approximate surface area is 133 Å². The lowest BCUT2D eigenvalue weighted by atomic mass is 10.0. The summed E-state index contributed by atoms with van der Waals surface area (Å²) in [4.78, 5) is 40.8. The predicted molar refractivity (Wildman–Crippen MR) is 80.7 cm³/mol. The normalized spacial score (nSPS) is 13.5. The van der Waals surface area contributed by atoms with Crippen molar-refractivity contribution in [2.45, 2.75) is 38.8 Å². The maximum Gasteiger partial charge on any atom is 0.322 e. The van der Waals surface area contributed by atoms with E-state index in [4.69, 9.17) is 5.11 Å². The fourth-order valence-electron chi connectivity index (χ4n) is 2.08. The largest absolute Gasteiger partial charge is 0.480 e. The number of nitrogens with one attached hydrogen (secondary N) is 3. The van der Waals surface area contributed by atoms with Gasteiger partial charge in [0.1, 0.15) is 12.6 Å². The summed E-state index contributed by atoms with van der Waals surface area (Å²) in [5.41, 5.74) is 0.640. The number of nitrogens with zero attached hydrogens (tertiary/aromatic N) is 1. The average molecular weight is 326 g/mol. The van der Waals surface area contributed by atoms with Crippen molar-refractivity contribution in [2.75, 3.05) is 6.54 Å². The van der Waals surface area contributed by atoms with Gasteiger partial charge in [-0.3, -0.25) is 19.7 Å². The first kappa shape index (κ1) is 18.6. The monoisotopic (exact) mass is 326 g/mol. The van der Waals surface area contributed by atoms with Gasteiger partial charge < -0.3 is 20.5 Å². The highest BCUT2D eigenvalue weighted by atomic mass is 16.4. The fourth-order valence-corrected chi connectivity index (χ4v) is 2.08. The van der Waals surface area contributed by atoms with Gasteiger partial charge in [0.15, 0.2) is 0 Å². The molecule has 1 unspecified atom stereocenters. The third-order valence-electron chi connectivity index (χ3n) is 3.12. The number of aromatic amines is 1. The predicted octanol–water partition coefficient (Wildman–Crippen LogP) is -0.389. The Bertz CT molecular complexity index is 529. The molecule has 0 aromatic carbocycles. The van der Waals surface area contributed by atoms with Crippen molar-refractivity contribution in [2.24, 2.45) is 5.92 Å². The Morgan fingerprint density at radius 1 is 1.26 bits per heavy atom. The summed E-state index contributed by atoms with van der Waals surface area (Å²) in [5, 5.41) is 23.0. The Kier molecular flexibility index (Phi) is 7.20. The number of aromatic nitrogens is 2. The number of rotatable bonds is 10. The van der Waals surface area contributed by atoms with Crippen LogP contribution in [0, 0.1) is 5.92 Å². The minimum absolute atomic E-state index is 0.124. The molecule has 9 nitrogen and oxygen atoms in total. The van der Waals surface area contributed by atoms with Crippen LogP contribution >= 0.6 is 0 Å². The summed E-state index contributed by atoms with van der Waals surface area (Å²) in [6.45, 7) is 3.24. The van der Waals surface area contributed by atoms with Crippen molar-refractivity contribution >= 4 is 17.8 Å². The molecule has 1 amide bonds. The van der Waals surface area contributed by atoms with Crippen LogP contribution in [0.1, 0.15) is 26.0 Å². The Balaban J connectivity index is 2.81. The Hall–Kier alpha value is -2.42. The SMILES string of the molecule is CC(C)CC(N[C@@H](Cc1cnc[nH]1)C(=O)NCC(=O)O)C(=O)O. The first-order valence-corrected chi connectivity index (χ1v) is 7.25. The van der Waals surface area contributed by atoms with Crippen molar-refractivity contribution < 1.29 is 24.6 Å². The Morgan fingerprint density at radius 3 is 2.43 bits per heavy atom. The molecule has 0 fully saturated rings. The van der Waals surface area contributed by atoms with Gasteiger partial charge in [0, 0.05) is 18.3 Å². The maximum absolute atomic E-state index is 12.2. The van der Waals surface area contributed by atoms with Gasteiger partial charge >= 0.3 is 11.9 Å². The summed E-state index contributed by atoms with van der Waals surface area (Å²) in [7, 11) is 0. The van der Waals surface area contributed by atoms with Crippen molar-refractivity contribution in [1.82, 2.24) is 20.6 Å². The summed E-state index contributed by atoms with van der Waals surface area (Å²) in [6, 6.07) is -1.78. The van der Waals surface area contributed by atoms with Gasteiger partial charge in [-0.15, -0.1) is 0 Å². The molecule has 0 aliphatic heterocycles. The van der Waals surface area contributed by atoms with E-state index in [0.29, 0.717) is 12.1 Å². The molecule has 9 heteroatoms. The van der Waals surface area contributed by atoms with Crippen LogP contribution in [0.15, 0.2) is 12.5 Å². The lowest BCUT2D eigenvalue weighted by Crippen LogP contribution is -2.53. The molecule has 1 rings (SSSR count). The first-order chi connectivity index (χ1) is 10.8. The quantitative estimate of drug-likeness (QED) is 0.394. The first-order valence-electron chi connectivity index (χ1n) is 7.25. The maximum atomic E-state index is 12.2. The third-order valence-corrected chi connectivity index (χ3v) is 3.12. The minimum Gasteiger partial charge on any atom is -0.480 e. The van der Waals surface area contributed by atoms with Crippen molar-refractivity contribution in [3.8, 4) is 0 Å². The highest BCUT2D eigenvalue weighted by molar-refractivity contribution is 5.86. The fraction of sp³-hybridized carbons (Fsp3) is 0.571. The van der Waals surface area contributed by atoms with E-state index < -0.39 is 36.5 Å². The summed E-state index contributed by atoms with van der Waals surface area (Å²) >= 11 is 0. The molecule has 1 heterocycles. The topological polar surface area (TPSA) is 144 Å². The van der Waals surface area contributed by atoms with Crippen LogP contribution in [0.2, 0.25) is 0 Å². The van der Waals surface area contributed by atoms with Crippen LogP contribution in [0.3, 0.4) is 0 Å². The summed E-state index contributed by atoms with van der Waals surface area (Å²) in [5.74, 6) is -2.68. The van der Waals surface area contributed by atoms with E-state index >= 15 is 0 Å². The van der Waals surface area contributed by atoms with Crippen LogP contribution < -0.4 is 10.6 Å². The highest BCUT2D eigenvalue weighted by Gasteiger charge is 2.27. The molecule has 0 radical (unpaired) electrons. The van der Waals surface area contributed by atoms with Gasteiger partial charge in [-0.25, -0.2) is 4.98 Å². The van der Waals surface area contributed by atoms with Crippen molar-refractivity contribution in [3.63, 3.8) is 0 Å². The molecule has 128 valence electrons. The zero-order valence-electron chi connectivity index (χ0n) is 13.1. The number of imidazole rings is 1. The number of carboxylic acid groups (broad SMARTS) is 2. The third kappa shape index (κ3) is 6.92. The van der Waals surface area contributed by atoms with E-state index in [2.05, 4.69) is 20.6 Å². The van der Waals surface area contributed by atoms with Crippen LogP contribution in [0.5, 0.6) is 0 Å². The van der Waals surface area contributed by atoms with Crippen molar-refractivity contribution in [1.29, 1.82) is 0 Å². The molecule has 23 heavy (non-hydrogen) atoms. The second-order valence-electron chi connectivity index (χ2n) is 5.63. The molecule has 1 aromatic rings. The van der Waals surface area contributed by atoms with Gasteiger partial charge in [-0.05, 0) is 12.3 Å². The van der Waals surface area contributed by atoms with E-state index in [1.807, 2.05) is 13.8 Å².